The molecule has 0 unspecified atom stereocenters. The minimum atomic E-state index is -0.415. The number of rotatable bonds is 7. The first-order valence-electron chi connectivity index (χ1n) is 11.3. The third-order valence-electron chi connectivity index (χ3n) is 6.62. The maximum absolute atomic E-state index is 11.1. The second kappa shape index (κ2) is 9.18. The van der Waals surface area contributed by atoms with Gasteiger partial charge in [-0.15, -0.1) is 0 Å². The van der Waals surface area contributed by atoms with Gasteiger partial charge in [0.2, 0.25) is 11.7 Å². The van der Waals surface area contributed by atoms with Gasteiger partial charge in [0.05, 0.1) is 11.5 Å². The minimum absolute atomic E-state index is 0.0215. The van der Waals surface area contributed by atoms with Crippen molar-refractivity contribution in [1.82, 2.24) is 19.9 Å². The van der Waals surface area contributed by atoms with Crippen LogP contribution in [0.2, 0.25) is 0 Å². The summed E-state index contributed by atoms with van der Waals surface area (Å²) < 4.78 is 5.53. The first-order valence-corrected chi connectivity index (χ1v) is 11.3. The quantitative estimate of drug-likeness (QED) is 0.406. The monoisotopic (exact) mass is 433 g/mol. The SMILES string of the molecule is O=[N+]([O-])c1cccc(-c2noc(CN3CCC[C@H]3[C@@H]3CCCN3Cc3ccccc3)n2)c1. The topological polar surface area (TPSA) is 88.5 Å². The molecule has 8 nitrogen and oxygen atoms in total. The van der Waals surface area contributed by atoms with Gasteiger partial charge in [-0.3, -0.25) is 19.9 Å². The molecule has 2 fully saturated rings. The molecular weight excluding hydrogens is 406 g/mol. The van der Waals surface area contributed by atoms with Crippen LogP contribution >= 0.6 is 0 Å². The summed E-state index contributed by atoms with van der Waals surface area (Å²) in [4.78, 5) is 20.3. The van der Waals surface area contributed by atoms with E-state index in [9.17, 15) is 10.1 Å². The minimum Gasteiger partial charge on any atom is -0.338 e. The molecule has 1 aromatic heterocycles. The Morgan fingerprint density at radius 3 is 2.41 bits per heavy atom. The Kier molecular flexibility index (Phi) is 5.96. The number of aromatic nitrogens is 2. The molecule has 5 rings (SSSR count). The summed E-state index contributed by atoms with van der Waals surface area (Å²) >= 11 is 0. The van der Waals surface area contributed by atoms with Crippen molar-refractivity contribution in [1.29, 1.82) is 0 Å². The van der Waals surface area contributed by atoms with E-state index in [1.54, 1.807) is 12.1 Å². The summed E-state index contributed by atoms with van der Waals surface area (Å²) in [6.07, 6.45) is 4.81. The molecule has 2 aliphatic rings. The Morgan fingerprint density at radius 2 is 1.69 bits per heavy atom. The van der Waals surface area contributed by atoms with E-state index in [1.807, 2.05) is 0 Å². The van der Waals surface area contributed by atoms with Crippen molar-refractivity contribution >= 4 is 5.69 Å². The second-order valence-electron chi connectivity index (χ2n) is 8.66. The highest BCUT2D eigenvalue weighted by atomic mass is 16.6. The van der Waals surface area contributed by atoms with E-state index in [0.29, 0.717) is 35.9 Å². The molecule has 0 aliphatic carbocycles. The van der Waals surface area contributed by atoms with Gasteiger partial charge in [0.15, 0.2) is 0 Å². The maximum Gasteiger partial charge on any atom is 0.270 e. The number of nitro groups is 1. The molecule has 2 saturated heterocycles. The average Bonchev–Trinajstić information content (AvgIpc) is 3.56. The number of hydrogen-bond acceptors (Lipinski definition) is 7. The van der Waals surface area contributed by atoms with Crippen LogP contribution in [0.4, 0.5) is 5.69 Å². The zero-order valence-corrected chi connectivity index (χ0v) is 18.0. The van der Waals surface area contributed by atoms with Crippen molar-refractivity contribution in [2.75, 3.05) is 13.1 Å². The summed E-state index contributed by atoms with van der Waals surface area (Å²) in [6, 6.07) is 18.1. The van der Waals surface area contributed by atoms with Gasteiger partial charge in [-0.1, -0.05) is 47.6 Å². The van der Waals surface area contributed by atoms with Crippen molar-refractivity contribution in [3.8, 4) is 11.4 Å². The molecule has 0 radical (unpaired) electrons. The van der Waals surface area contributed by atoms with Gasteiger partial charge in [-0.2, -0.15) is 4.98 Å². The van der Waals surface area contributed by atoms with E-state index in [4.69, 9.17) is 4.52 Å². The van der Waals surface area contributed by atoms with Crippen molar-refractivity contribution in [3.63, 3.8) is 0 Å². The average molecular weight is 434 g/mol. The molecule has 32 heavy (non-hydrogen) atoms. The van der Waals surface area contributed by atoms with Gasteiger partial charge in [0.1, 0.15) is 0 Å². The predicted octanol–water partition coefficient (Wildman–Crippen LogP) is 4.27. The van der Waals surface area contributed by atoms with E-state index in [1.165, 1.54) is 43.4 Å². The van der Waals surface area contributed by atoms with Crippen LogP contribution in [-0.4, -0.2) is 50.0 Å². The molecular formula is C24H27N5O3. The molecule has 0 amide bonds. The summed E-state index contributed by atoms with van der Waals surface area (Å²) in [5.41, 5.74) is 1.98. The summed E-state index contributed by atoms with van der Waals surface area (Å²) in [6.45, 7) is 3.77. The first-order chi connectivity index (χ1) is 15.7. The largest absolute Gasteiger partial charge is 0.338 e. The number of likely N-dealkylation sites (tertiary alicyclic amines) is 2. The molecule has 2 aliphatic heterocycles. The van der Waals surface area contributed by atoms with Crippen LogP contribution in [0.3, 0.4) is 0 Å². The van der Waals surface area contributed by atoms with E-state index >= 15 is 0 Å². The molecule has 0 spiro atoms. The number of nitro benzene ring substituents is 1. The zero-order chi connectivity index (χ0) is 21.9. The predicted molar refractivity (Wildman–Crippen MR) is 120 cm³/mol. The van der Waals surface area contributed by atoms with Crippen molar-refractivity contribution in [2.45, 2.75) is 50.9 Å². The Morgan fingerprint density at radius 1 is 0.969 bits per heavy atom. The number of benzene rings is 2. The van der Waals surface area contributed by atoms with Gasteiger partial charge in [0.25, 0.3) is 5.69 Å². The molecule has 0 N–H and O–H groups in total. The Labute approximate surface area is 187 Å². The van der Waals surface area contributed by atoms with Gasteiger partial charge in [-0.05, 0) is 44.3 Å². The van der Waals surface area contributed by atoms with Crippen molar-refractivity contribution in [2.24, 2.45) is 0 Å². The van der Waals surface area contributed by atoms with E-state index in [0.717, 1.165) is 19.6 Å². The van der Waals surface area contributed by atoms with Crippen molar-refractivity contribution < 1.29 is 9.45 Å². The smallest absolute Gasteiger partial charge is 0.270 e. The zero-order valence-electron chi connectivity index (χ0n) is 18.0. The highest BCUT2D eigenvalue weighted by Crippen LogP contribution is 2.32. The van der Waals surface area contributed by atoms with Crippen LogP contribution in [0.1, 0.15) is 37.1 Å². The van der Waals surface area contributed by atoms with Crippen LogP contribution < -0.4 is 0 Å². The van der Waals surface area contributed by atoms with E-state index < -0.39 is 4.92 Å². The highest BCUT2D eigenvalue weighted by molar-refractivity contribution is 5.58. The van der Waals surface area contributed by atoms with Gasteiger partial charge in [-0.25, -0.2) is 0 Å². The summed E-state index contributed by atoms with van der Waals surface area (Å²) in [7, 11) is 0. The van der Waals surface area contributed by atoms with Crippen LogP contribution in [-0.2, 0) is 13.1 Å². The van der Waals surface area contributed by atoms with Gasteiger partial charge < -0.3 is 4.52 Å². The Bertz CT molecular complexity index is 1070. The molecule has 0 bridgehead atoms. The van der Waals surface area contributed by atoms with Crippen LogP contribution in [0.5, 0.6) is 0 Å². The van der Waals surface area contributed by atoms with E-state index in [-0.39, 0.29) is 5.69 Å². The summed E-state index contributed by atoms with van der Waals surface area (Å²) in [5.74, 6) is 0.956. The van der Waals surface area contributed by atoms with Crippen LogP contribution in [0, 0.1) is 10.1 Å². The fourth-order valence-corrected chi connectivity index (χ4v) is 5.15. The lowest BCUT2D eigenvalue weighted by Crippen LogP contribution is -2.45. The van der Waals surface area contributed by atoms with Gasteiger partial charge >= 0.3 is 0 Å². The Balaban J connectivity index is 1.27. The lowest BCUT2D eigenvalue weighted by molar-refractivity contribution is -0.384. The van der Waals surface area contributed by atoms with E-state index in [2.05, 4.69) is 50.3 Å². The molecule has 2 atom stereocenters. The molecule has 8 heteroatoms. The fourth-order valence-electron chi connectivity index (χ4n) is 5.15. The van der Waals surface area contributed by atoms with Crippen LogP contribution in [0.25, 0.3) is 11.4 Å². The normalized spacial score (nSPS) is 21.9. The third kappa shape index (κ3) is 4.42. The van der Waals surface area contributed by atoms with Gasteiger partial charge in [0, 0.05) is 36.3 Å². The highest BCUT2D eigenvalue weighted by Gasteiger charge is 2.38. The lowest BCUT2D eigenvalue weighted by atomic mass is 10.0. The summed E-state index contributed by atoms with van der Waals surface area (Å²) in [5, 5.41) is 15.1. The molecule has 2 aromatic carbocycles. The third-order valence-corrected chi connectivity index (χ3v) is 6.62. The van der Waals surface area contributed by atoms with Crippen molar-refractivity contribution in [3.05, 3.63) is 76.2 Å². The second-order valence-corrected chi connectivity index (χ2v) is 8.66. The lowest BCUT2D eigenvalue weighted by Gasteiger charge is -2.34. The molecule has 0 saturated carbocycles. The Hall–Kier alpha value is -3.10. The molecule has 3 heterocycles. The fraction of sp³-hybridized carbons (Fsp3) is 0.417. The molecule has 166 valence electrons. The number of hydrogen-bond donors (Lipinski definition) is 0. The maximum atomic E-state index is 11.1. The standard InChI is InChI=1S/C24H27N5O3/c30-29(31)20-10-4-9-19(15-20)24-25-23(32-26-24)17-28-14-6-12-22(28)21-11-5-13-27(21)16-18-7-2-1-3-8-18/h1-4,7-10,15,21-22H,5-6,11-14,16-17H2/t21-,22-/m0/s1. The number of nitrogens with zero attached hydrogens (tertiary/aromatic N) is 5. The first kappa shape index (κ1) is 20.8. The molecule has 3 aromatic rings. The van der Waals surface area contributed by atoms with Crippen LogP contribution in [0.15, 0.2) is 59.1 Å². The number of non-ortho nitro benzene ring substituents is 1.